The highest BCUT2D eigenvalue weighted by atomic mass is 16.5. The Kier molecular flexibility index (Phi) is 7.69. The lowest BCUT2D eigenvalue weighted by Crippen LogP contribution is -2.56. The number of nitrogens with zero attached hydrogens (tertiary/aromatic N) is 1. The molecule has 1 aromatic carbocycles. The van der Waals surface area contributed by atoms with Crippen molar-refractivity contribution in [1.29, 1.82) is 0 Å². The highest BCUT2D eigenvalue weighted by Gasteiger charge is 2.31. The van der Waals surface area contributed by atoms with E-state index >= 15 is 0 Å². The number of rotatable bonds is 9. The summed E-state index contributed by atoms with van der Waals surface area (Å²) in [6.45, 7) is 5.27. The second-order valence-electron chi connectivity index (χ2n) is 5.86. The van der Waals surface area contributed by atoms with Crippen LogP contribution in [-0.4, -0.2) is 62.7 Å². The number of amides is 2. The summed E-state index contributed by atoms with van der Waals surface area (Å²) in [6.07, 6.45) is 0.131. The molecular weight excluding hydrogens is 322 g/mol. The Balaban J connectivity index is 2.04. The maximum absolute atomic E-state index is 12.3. The van der Waals surface area contributed by atoms with Crippen molar-refractivity contribution < 1.29 is 19.1 Å². The van der Waals surface area contributed by atoms with Crippen molar-refractivity contribution in [2.45, 2.75) is 25.9 Å². The van der Waals surface area contributed by atoms with Gasteiger partial charge in [0, 0.05) is 38.9 Å². The fourth-order valence-corrected chi connectivity index (χ4v) is 2.86. The van der Waals surface area contributed by atoms with E-state index in [0.29, 0.717) is 39.4 Å². The Labute approximate surface area is 148 Å². The Morgan fingerprint density at radius 3 is 2.96 bits per heavy atom. The largest absolute Gasteiger partial charge is 0.494 e. The number of hydrogen-bond acceptors (Lipinski definition) is 5. The SMILES string of the molecule is CCOc1ccccc1CN1CCNC(=O)[C@@H]1CC(=O)NCCOC. The number of carbonyl (C=O) groups is 2. The van der Waals surface area contributed by atoms with Crippen LogP contribution in [0.15, 0.2) is 24.3 Å². The molecule has 0 saturated carbocycles. The molecule has 2 N–H and O–H groups in total. The standard InChI is InChI=1S/C18H27N3O4/c1-3-25-16-7-5-4-6-14(16)13-21-10-8-20-18(23)15(21)12-17(22)19-9-11-24-2/h4-7,15H,3,8-13H2,1-2H3,(H,19,22)(H,20,23)/t15-/m0/s1. The monoisotopic (exact) mass is 349 g/mol. The lowest BCUT2D eigenvalue weighted by atomic mass is 10.1. The summed E-state index contributed by atoms with van der Waals surface area (Å²) in [7, 11) is 1.58. The van der Waals surface area contributed by atoms with E-state index in [0.717, 1.165) is 11.3 Å². The first-order chi connectivity index (χ1) is 12.2. The molecule has 1 atom stereocenters. The molecule has 1 aromatic rings. The van der Waals surface area contributed by atoms with Crippen LogP contribution in [0.5, 0.6) is 5.75 Å². The third-order valence-corrected chi connectivity index (χ3v) is 4.09. The second-order valence-corrected chi connectivity index (χ2v) is 5.86. The van der Waals surface area contributed by atoms with Crippen molar-refractivity contribution in [3.8, 4) is 5.75 Å². The minimum atomic E-state index is -0.481. The van der Waals surface area contributed by atoms with E-state index in [-0.39, 0.29) is 18.2 Å². The summed E-state index contributed by atoms with van der Waals surface area (Å²) in [4.78, 5) is 26.4. The molecule has 7 heteroatoms. The quantitative estimate of drug-likeness (QED) is 0.636. The second kappa shape index (κ2) is 10.0. The molecule has 1 fully saturated rings. The van der Waals surface area contributed by atoms with Gasteiger partial charge in [-0.25, -0.2) is 0 Å². The van der Waals surface area contributed by atoms with E-state index in [1.165, 1.54) is 0 Å². The number of carbonyl (C=O) groups excluding carboxylic acids is 2. The molecule has 0 bridgehead atoms. The Hall–Kier alpha value is -2.12. The molecule has 0 unspecified atom stereocenters. The summed E-state index contributed by atoms with van der Waals surface area (Å²) >= 11 is 0. The maximum Gasteiger partial charge on any atom is 0.237 e. The van der Waals surface area contributed by atoms with Crippen molar-refractivity contribution in [1.82, 2.24) is 15.5 Å². The van der Waals surface area contributed by atoms with Crippen LogP contribution >= 0.6 is 0 Å². The van der Waals surface area contributed by atoms with Gasteiger partial charge in [0.2, 0.25) is 11.8 Å². The van der Waals surface area contributed by atoms with Crippen molar-refractivity contribution in [2.24, 2.45) is 0 Å². The first-order valence-electron chi connectivity index (χ1n) is 8.63. The maximum atomic E-state index is 12.3. The molecule has 1 aliphatic heterocycles. The van der Waals surface area contributed by atoms with Gasteiger partial charge in [0.15, 0.2) is 0 Å². The normalized spacial score (nSPS) is 17.8. The van der Waals surface area contributed by atoms with Gasteiger partial charge in [-0.05, 0) is 13.0 Å². The topological polar surface area (TPSA) is 79.9 Å². The smallest absolute Gasteiger partial charge is 0.237 e. The third-order valence-electron chi connectivity index (χ3n) is 4.09. The average Bonchev–Trinajstić information content (AvgIpc) is 2.60. The Bertz CT molecular complexity index is 579. The van der Waals surface area contributed by atoms with Gasteiger partial charge >= 0.3 is 0 Å². The number of piperazine rings is 1. The van der Waals surface area contributed by atoms with Crippen molar-refractivity contribution in [2.75, 3.05) is 40.0 Å². The Morgan fingerprint density at radius 1 is 1.40 bits per heavy atom. The van der Waals surface area contributed by atoms with Gasteiger partial charge in [0.25, 0.3) is 0 Å². The summed E-state index contributed by atoms with van der Waals surface area (Å²) < 4.78 is 10.6. The van der Waals surface area contributed by atoms with Crippen LogP contribution in [-0.2, 0) is 20.9 Å². The summed E-state index contributed by atoms with van der Waals surface area (Å²) in [6, 6.07) is 7.32. The van der Waals surface area contributed by atoms with Gasteiger partial charge in [-0.15, -0.1) is 0 Å². The molecule has 0 radical (unpaired) electrons. The van der Waals surface area contributed by atoms with Crippen LogP contribution in [0.4, 0.5) is 0 Å². The van der Waals surface area contributed by atoms with Crippen molar-refractivity contribution in [3.63, 3.8) is 0 Å². The molecular formula is C18H27N3O4. The number of para-hydroxylation sites is 1. The third kappa shape index (κ3) is 5.72. The van der Waals surface area contributed by atoms with E-state index in [9.17, 15) is 9.59 Å². The zero-order chi connectivity index (χ0) is 18.1. The molecule has 138 valence electrons. The molecule has 1 heterocycles. The molecule has 2 amide bonds. The van der Waals surface area contributed by atoms with Crippen molar-refractivity contribution in [3.05, 3.63) is 29.8 Å². The highest BCUT2D eigenvalue weighted by molar-refractivity contribution is 5.88. The van der Waals surface area contributed by atoms with E-state index in [1.807, 2.05) is 36.1 Å². The molecule has 7 nitrogen and oxygen atoms in total. The van der Waals surface area contributed by atoms with Crippen LogP contribution in [0.3, 0.4) is 0 Å². The minimum absolute atomic E-state index is 0.109. The summed E-state index contributed by atoms with van der Waals surface area (Å²) in [5, 5.41) is 5.62. The van der Waals surface area contributed by atoms with Crippen LogP contribution in [0.2, 0.25) is 0 Å². The van der Waals surface area contributed by atoms with Gasteiger partial charge in [-0.3, -0.25) is 14.5 Å². The first-order valence-corrected chi connectivity index (χ1v) is 8.63. The fourth-order valence-electron chi connectivity index (χ4n) is 2.86. The number of methoxy groups -OCH3 is 1. The molecule has 1 saturated heterocycles. The molecule has 2 rings (SSSR count). The fraction of sp³-hybridized carbons (Fsp3) is 0.556. The zero-order valence-corrected chi connectivity index (χ0v) is 14.9. The van der Waals surface area contributed by atoms with Crippen LogP contribution < -0.4 is 15.4 Å². The minimum Gasteiger partial charge on any atom is -0.494 e. The van der Waals surface area contributed by atoms with Gasteiger partial charge in [-0.1, -0.05) is 18.2 Å². The molecule has 25 heavy (non-hydrogen) atoms. The van der Waals surface area contributed by atoms with Crippen LogP contribution in [0, 0.1) is 0 Å². The average molecular weight is 349 g/mol. The van der Waals surface area contributed by atoms with E-state index in [2.05, 4.69) is 10.6 Å². The number of nitrogens with one attached hydrogen (secondary N) is 2. The highest BCUT2D eigenvalue weighted by Crippen LogP contribution is 2.22. The van der Waals surface area contributed by atoms with E-state index in [4.69, 9.17) is 9.47 Å². The number of benzene rings is 1. The predicted octanol–water partition coefficient (Wildman–Crippen LogP) is 0.538. The molecule has 1 aliphatic rings. The van der Waals surface area contributed by atoms with E-state index < -0.39 is 6.04 Å². The van der Waals surface area contributed by atoms with Gasteiger partial charge in [-0.2, -0.15) is 0 Å². The lowest BCUT2D eigenvalue weighted by Gasteiger charge is -2.35. The van der Waals surface area contributed by atoms with Gasteiger partial charge < -0.3 is 20.1 Å². The van der Waals surface area contributed by atoms with Crippen molar-refractivity contribution >= 4 is 11.8 Å². The van der Waals surface area contributed by atoms with Crippen LogP contribution in [0.25, 0.3) is 0 Å². The van der Waals surface area contributed by atoms with Crippen LogP contribution in [0.1, 0.15) is 18.9 Å². The Morgan fingerprint density at radius 2 is 2.20 bits per heavy atom. The summed E-state index contributed by atoms with van der Waals surface area (Å²) in [5.74, 6) is 0.559. The van der Waals surface area contributed by atoms with E-state index in [1.54, 1.807) is 7.11 Å². The molecule has 0 aliphatic carbocycles. The molecule has 0 spiro atoms. The van der Waals surface area contributed by atoms with Gasteiger partial charge in [0.1, 0.15) is 5.75 Å². The first kappa shape index (κ1) is 19.2. The lowest BCUT2D eigenvalue weighted by molar-refractivity contribution is -0.134. The molecule has 0 aromatic heterocycles. The van der Waals surface area contributed by atoms with Gasteiger partial charge in [0.05, 0.1) is 25.7 Å². The number of hydrogen-bond donors (Lipinski definition) is 2. The number of ether oxygens (including phenoxy) is 2. The summed E-state index contributed by atoms with van der Waals surface area (Å²) in [5.41, 5.74) is 1.02. The predicted molar refractivity (Wildman–Crippen MR) is 94.3 cm³/mol. The zero-order valence-electron chi connectivity index (χ0n) is 14.9.